The van der Waals surface area contributed by atoms with Crippen molar-refractivity contribution in [3.05, 3.63) is 42.2 Å². The highest BCUT2D eigenvalue weighted by atomic mass is 32.1. The molecule has 2 aromatic heterocycles. The van der Waals surface area contributed by atoms with Crippen molar-refractivity contribution in [3.8, 4) is 11.1 Å². The average Bonchev–Trinajstić information content (AvgIpc) is 2.76. The third-order valence-electron chi connectivity index (χ3n) is 2.79. The number of pyridine rings is 1. The van der Waals surface area contributed by atoms with Gasteiger partial charge in [0.2, 0.25) is 0 Å². The minimum Gasteiger partial charge on any atom is -0.375 e. The van der Waals surface area contributed by atoms with Crippen LogP contribution in [0.5, 0.6) is 0 Å². The number of hydrogen-bond acceptors (Lipinski definition) is 4. The fourth-order valence-electron chi connectivity index (χ4n) is 1.98. The average molecular weight is 295 g/mol. The van der Waals surface area contributed by atoms with Crippen LogP contribution in [-0.2, 0) is 6.18 Å². The second kappa shape index (κ2) is 4.45. The van der Waals surface area contributed by atoms with Gasteiger partial charge in [-0.2, -0.15) is 13.2 Å². The van der Waals surface area contributed by atoms with E-state index in [9.17, 15) is 13.2 Å². The molecule has 102 valence electrons. The number of nitrogen functional groups attached to an aromatic ring is 1. The predicted octanol–water partition coefficient (Wildman–Crippen LogP) is 3.96. The van der Waals surface area contributed by atoms with E-state index in [-0.39, 0.29) is 5.56 Å². The van der Waals surface area contributed by atoms with E-state index in [1.165, 1.54) is 23.5 Å². The Labute approximate surface area is 115 Å². The molecule has 0 aliphatic heterocycles. The van der Waals surface area contributed by atoms with Crippen LogP contribution in [0.2, 0.25) is 0 Å². The van der Waals surface area contributed by atoms with Crippen LogP contribution in [0.15, 0.2) is 36.5 Å². The summed E-state index contributed by atoms with van der Waals surface area (Å²) in [5, 5.41) is 0.388. The fraction of sp³-hybridized carbons (Fsp3) is 0.0769. The first kappa shape index (κ1) is 12.9. The monoisotopic (exact) mass is 295 g/mol. The van der Waals surface area contributed by atoms with Gasteiger partial charge < -0.3 is 5.73 Å². The van der Waals surface area contributed by atoms with Crippen LogP contribution in [0.3, 0.4) is 0 Å². The van der Waals surface area contributed by atoms with E-state index >= 15 is 0 Å². The number of benzene rings is 1. The first-order valence-corrected chi connectivity index (χ1v) is 6.45. The van der Waals surface area contributed by atoms with E-state index < -0.39 is 11.9 Å². The lowest BCUT2D eigenvalue weighted by Crippen LogP contribution is -2.09. The second-order valence-electron chi connectivity index (χ2n) is 4.13. The SMILES string of the molecule is Nc1nc2cc(-c3cccnc3C(F)(F)F)ccc2s1. The van der Waals surface area contributed by atoms with Gasteiger partial charge in [-0.05, 0) is 23.8 Å². The Morgan fingerprint density at radius 1 is 1.15 bits per heavy atom. The molecule has 3 rings (SSSR count). The second-order valence-corrected chi connectivity index (χ2v) is 5.19. The minimum atomic E-state index is -4.49. The summed E-state index contributed by atoms with van der Waals surface area (Å²) >= 11 is 1.29. The molecule has 0 bridgehead atoms. The van der Waals surface area contributed by atoms with E-state index in [1.807, 2.05) is 0 Å². The Kier molecular flexibility index (Phi) is 2.86. The topological polar surface area (TPSA) is 51.8 Å². The molecule has 0 amide bonds. The number of alkyl halides is 3. The van der Waals surface area contributed by atoms with E-state index in [2.05, 4.69) is 9.97 Å². The molecule has 2 N–H and O–H groups in total. The molecule has 0 radical (unpaired) electrons. The lowest BCUT2D eigenvalue weighted by Gasteiger charge is -2.11. The lowest BCUT2D eigenvalue weighted by atomic mass is 10.0. The van der Waals surface area contributed by atoms with Crippen molar-refractivity contribution in [3.63, 3.8) is 0 Å². The van der Waals surface area contributed by atoms with Crippen LogP contribution < -0.4 is 5.73 Å². The molecule has 0 unspecified atom stereocenters. The molecule has 0 aliphatic rings. The first-order chi connectivity index (χ1) is 9.45. The van der Waals surface area contributed by atoms with Crippen LogP contribution in [0.1, 0.15) is 5.69 Å². The summed E-state index contributed by atoms with van der Waals surface area (Å²) in [6.45, 7) is 0. The van der Waals surface area contributed by atoms with Gasteiger partial charge in [0, 0.05) is 11.8 Å². The standard InChI is InChI=1S/C13H8F3N3S/c14-13(15,16)11-8(2-1-5-18-11)7-3-4-10-9(6-7)19-12(17)20-10/h1-6H,(H2,17,19). The van der Waals surface area contributed by atoms with Gasteiger partial charge in [-0.1, -0.05) is 23.5 Å². The number of nitrogens with two attached hydrogens (primary N) is 1. The normalized spacial score (nSPS) is 11.9. The highest BCUT2D eigenvalue weighted by molar-refractivity contribution is 7.22. The molecule has 0 atom stereocenters. The van der Waals surface area contributed by atoms with E-state index in [0.29, 0.717) is 16.2 Å². The van der Waals surface area contributed by atoms with Gasteiger partial charge in [-0.25, -0.2) is 4.98 Å². The van der Waals surface area contributed by atoms with Gasteiger partial charge in [-0.3, -0.25) is 4.98 Å². The Morgan fingerprint density at radius 3 is 2.70 bits per heavy atom. The number of thiazole rings is 1. The number of aromatic nitrogens is 2. The van der Waals surface area contributed by atoms with Crippen molar-refractivity contribution < 1.29 is 13.2 Å². The van der Waals surface area contributed by atoms with Crippen LogP contribution in [-0.4, -0.2) is 9.97 Å². The van der Waals surface area contributed by atoms with Gasteiger partial charge in [0.1, 0.15) is 0 Å². The highest BCUT2D eigenvalue weighted by Crippen LogP contribution is 2.36. The largest absolute Gasteiger partial charge is 0.433 e. The Hall–Kier alpha value is -2.15. The van der Waals surface area contributed by atoms with E-state index in [0.717, 1.165) is 10.9 Å². The van der Waals surface area contributed by atoms with Crippen molar-refractivity contribution in [2.75, 3.05) is 5.73 Å². The molecule has 0 spiro atoms. The van der Waals surface area contributed by atoms with Gasteiger partial charge in [0.05, 0.1) is 10.2 Å². The maximum absolute atomic E-state index is 13.0. The summed E-state index contributed by atoms with van der Waals surface area (Å²) in [4.78, 5) is 7.53. The zero-order chi connectivity index (χ0) is 14.3. The molecule has 3 aromatic rings. The molecule has 0 saturated heterocycles. The zero-order valence-electron chi connectivity index (χ0n) is 9.98. The molecule has 2 heterocycles. The molecule has 20 heavy (non-hydrogen) atoms. The predicted molar refractivity (Wildman–Crippen MR) is 72.3 cm³/mol. The van der Waals surface area contributed by atoms with E-state index in [4.69, 9.17) is 5.73 Å². The number of rotatable bonds is 1. The maximum atomic E-state index is 13.0. The Morgan fingerprint density at radius 2 is 1.95 bits per heavy atom. The smallest absolute Gasteiger partial charge is 0.375 e. The van der Waals surface area contributed by atoms with Gasteiger partial charge in [0.25, 0.3) is 0 Å². The third kappa shape index (κ3) is 2.20. The number of anilines is 1. The molecule has 0 saturated carbocycles. The van der Waals surface area contributed by atoms with Crippen molar-refractivity contribution in [1.82, 2.24) is 9.97 Å². The molecular weight excluding hydrogens is 287 g/mol. The van der Waals surface area contributed by atoms with Gasteiger partial charge in [0.15, 0.2) is 10.8 Å². The Bertz CT molecular complexity index is 780. The quantitative estimate of drug-likeness (QED) is 0.739. The van der Waals surface area contributed by atoms with Crippen LogP contribution in [0, 0.1) is 0 Å². The molecule has 0 aliphatic carbocycles. The van der Waals surface area contributed by atoms with E-state index in [1.54, 1.807) is 18.2 Å². The number of nitrogens with zero attached hydrogens (tertiary/aromatic N) is 2. The zero-order valence-corrected chi connectivity index (χ0v) is 10.8. The Balaban J connectivity index is 2.20. The van der Waals surface area contributed by atoms with Crippen molar-refractivity contribution in [2.45, 2.75) is 6.18 Å². The molecule has 1 aromatic carbocycles. The molecule has 3 nitrogen and oxygen atoms in total. The third-order valence-corrected chi connectivity index (χ3v) is 3.66. The fourth-order valence-corrected chi connectivity index (χ4v) is 2.69. The molecular formula is C13H8F3N3S. The summed E-state index contributed by atoms with van der Waals surface area (Å²) in [7, 11) is 0. The van der Waals surface area contributed by atoms with Gasteiger partial charge in [-0.15, -0.1) is 0 Å². The van der Waals surface area contributed by atoms with Crippen molar-refractivity contribution in [2.24, 2.45) is 0 Å². The number of fused-ring (bicyclic) bond motifs is 1. The summed E-state index contributed by atoms with van der Waals surface area (Å²) in [5.41, 5.74) is 5.73. The van der Waals surface area contributed by atoms with Crippen molar-refractivity contribution >= 4 is 26.7 Å². The number of halogens is 3. The highest BCUT2D eigenvalue weighted by Gasteiger charge is 2.35. The summed E-state index contributed by atoms with van der Waals surface area (Å²) in [6.07, 6.45) is -3.36. The molecule has 0 fully saturated rings. The summed E-state index contributed by atoms with van der Waals surface area (Å²) < 4.78 is 39.7. The van der Waals surface area contributed by atoms with Crippen molar-refractivity contribution in [1.29, 1.82) is 0 Å². The summed E-state index contributed by atoms with van der Waals surface area (Å²) in [5.74, 6) is 0. The first-order valence-electron chi connectivity index (χ1n) is 5.64. The van der Waals surface area contributed by atoms with Crippen LogP contribution in [0.25, 0.3) is 21.3 Å². The van der Waals surface area contributed by atoms with Crippen LogP contribution >= 0.6 is 11.3 Å². The minimum absolute atomic E-state index is 0.0356. The number of hydrogen-bond donors (Lipinski definition) is 1. The van der Waals surface area contributed by atoms with Crippen LogP contribution in [0.4, 0.5) is 18.3 Å². The maximum Gasteiger partial charge on any atom is 0.433 e. The lowest BCUT2D eigenvalue weighted by molar-refractivity contribution is -0.140. The summed E-state index contributed by atoms with van der Waals surface area (Å²) in [6, 6.07) is 7.80. The molecule has 7 heteroatoms. The van der Waals surface area contributed by atoms with Gasteiger partial charge >= 0.3 is 6.18 Å².